The van der Waals surface area contributed by atoms with Crippen LogP contribution in [0.5, 0.6) is 0 Å². The predicted molar refractivity (Wildman–Crippen MR) is 120 cm³/mol. The van der Waals surface area contributed by atoms with Crippen molar-refractivity contribution in [3.8, 4) is 0 Å². The number of nitrogens with zero attached hydrogens (tertiary/aromatic N) is 1. The Morgan fingerprint density at radius 2 is 1.55 bits per heavy atom. The summed E-state index contributed by atoms with van der Waals surface area (Å²) >= 11 is 0. The van der Waals surface area contributed by atoms with Gasteiger partial charge in [-0.1, -0.05) is 12.1 Å². The van der Waals surface area contributed by atoms with E-state index >= 15 is 0 Å². The predicted octanol–water partition coefficient (Wildman–Crippen LogP) is 2.97. The summed E-state index contributed by atoms with van der Waals surface area (Å²) in [6.07, 6.45) is 7.03. The number of nitrogens with one attached hydrogen (secondary N) is 3. The molecule has 4 bridgehead atoms. The molecule has 0 aromatic heterocycles. The van der Waals surface area contributed by atoms with E-state index in [0.717, 1.165) is 53.8 Å². The van der Waals surface area contributed by atoms with Crippen molar-refractivity contribution < 1.29 is 14.4 Å². The molecular formula is C24H34N4O3. The van der Waals surface area contributed by atoms with E-state index in [1.54, 1.807) is 11.9 Å². The highest BCUT2D eigenvalue weighted by Crippen LogP contribution is 2.55. The Labute approximate surface area is 184 Å². The standard InChI is InChI=1S/C24H34N4O3/c1-15-5-4-6-20(16(15)2)25-21(29)13-28(3)14-22(30)26-23(31)27-24-10-17-7-18(11-24)9-19(8-17)12-24/h4-6,17-19H,7-14H2,1-3H3,(H,25,29)(H2,26,27,30,31). The lowest BCUT2D eigenvalue weighted by atomic mass is 9.53. The van der Waals surface area contributed by atoms with Crippen molar-refractivity contribution in [3.05, 3.63) is 29.3 Å². The molecule has 4 saturated carbocycles. The van der Waals surface area contributed by atoms with Crippen LogP contribution in [0.3, 0.4) is 0 Å². The monoisotopic (exact) mass is 426 g/mol. The number of urea groups is 1. The number of imide groups is 1. The minimum Gasteiger partial charge on any atom is -0.332 e. The third kappa shape index (κ3) is 5.09. The molecule has 1 aromatic carbocycles. The van der Waals surface area contributed by atoms with E-state index < -0.39 is 11.9 Å². The number of aryl methyl sites for hydroxylation is 1. The van der Waals surface area contributed by atoms with Crippen LogP contribution < -0.4 is 16.0 Å². The number of hydrogen-bond acceptors (Lipinski definition) is 4. The Kier molecular flexibility index (Phi) is 6.06. The highest BCUT2D eigenvalue weighted by atomic mass is 16.2. The molecule has 0 unspecified atom stereocenters. The van der Waals surface area contributed by atoms with Crippen molar-refractivity contribution in [3.63, 3.8) is 0 Å². The number of hydrogen-bond donors (Lipinski definition) is 3. The van der Waals surface area contributed by atoms with Crippen LogP contribution in [-0.4, -0.2) is 48.4 Å². The van der Waals surface area contributed by atoms with Crippen LogP contribution in [0.4, 0.5) is 10.5 Å². The molecule has 0 heterocycles. The Morgan fingerprint density at radius 3 is 2.16 bits per heavy atom. The van der Waals surface area contributed by atoms with Crippen LogP contribution >= 0.6 is 0 Å². The Balaban J connectivity index is 1.22. The maximum Gasteiger partial charge on any atom is 0.321 e. The quantitative estimate of drug-likeness (QED) is 0.652. The second-order valence-corrected chi connectivity index (χ2v) is 10.2. The van der Waals surface area contributed by atoms with Gasteiger partial charge in [-0.3, -0.25) is 19.8 Å². The first-order valence-electron chi connectivity index (χ1n) is 11.4. The van der Waals surface area contributed by atoms with E-state index in [0.29, 0.717) is 0 Å². The molecule has 0 spiro atoms. The van der Waals surface area contributed by atoms with Crippen LogP contribution in [0.1, 0.15) is 49.7 Å². The summed E-state index contributed by atoms with van der Waals surface area (Å²) in [6.45, 7) is 4.01. The second-order valence-electron chi connectivity index (χ2n) is 10.2. The van der Waals surface area contributed by atoms with Crippen LogP contribution in [-0.2, 0) is 9.59 Å². The number of anilines is 1. The minimum absolute atomic E-state index is 0.0193. The van der Waals surface area contributed by atoms with Crippen molar-refractivity contribution in [2.75, 3.05) is 25.5 Å². The molecule has 7 heteroatoms. The van der Waals surface area contributed by atoms with Gasteiger partial charge in [0.05, 0.1) is 13.1 Å². The summed E-state index contributed by atoms with van der Waals surface area (Å²) in [5.74, 6) is 1.59. The number of carbonyl (C=O) groups is 3. The van der Waals surface area contributed by atoms with Gasteiger partial charge in [-0.25, -0.2) is 4.79 Å². The molecule has 4 aliphatic rings. The molecule has 4 fully saturated rings. The third-order valence-electron chi connectivity index (χ3n) is 7.38. The molecule has 31 heavy (non-hydrogen) atoms. The van der Waals surface area contributed by atoms with Gasteiger partial charge in [0, 0.05) is 11.2 Å². The summed E-state index contributed by atoms with van der Waals surface area (Å²) < 4.78 is 0. The fourth-order valence-electron chi connectivity index (χ4n) is 6.32. The molecule has 168 valence electrons. The average Bonchev–Trinajstić information content (AvgIpc) is 2.63. The number of amides is 4. The molecular weight excluding hydrogens is 392 g/mol. The molecule has 0 radical (unpaired) electrons. The van der Waals surface area contributed by atoms with E-state index in [1.807, 2.05) is 32.0 Å². The highest BCUT2D eigenvalue weighted by Gasteiger charge is 2.51. The zero-order chi connectivity index (χ0) is 22.2. The molecule has 0 saturated heterocycles. The Bertz CT molecular complexity index is 846. The summed E-state index contributed by atoms with van der Waals surface area (Å²) in [6, 6.07) is 5.36. The third-order valence-corrected chi connectivity index (χ3v) is 7.38. The van der Waals surface area contributed by atoms with E-state index in [-0.39, 0.29) is 24.5 Å². The largest absolute Gasteiger partial charge is 0.332 e. The maximum atomic E-state index is 12.5. The molecule has 0 aliphatic heterocycles. The van der Waals surface area contributed by atoms with Crippen molar-refractivity contribution in [1.29, 1.82) is 0 Å². The van der Waals surface area contributed by atoms with E-state index in [1.165, 1.54) is 19.3 Å². The highest BCUT2D eigenvalue weighted by molar-refractivity contribution is 5.96. The zero-order valence-electron chi connectivity index (χ0n) is 18.8. The van der Waals surface area contributed by atoms with Gasteiger partial charge in [0.15, 0.2) is 0 Å². The van der Waals surface area contributed by atoms with Crippen LogP contribution in [0.2, 0.25) is 0 Å². The Hall–Kier alpha value is -2.41. The lowest BCUT2D eigenvalue weighted by Gasteiger charge is -2.56. The normalized spacial score (nSPS) is 28.5. The van der Waals surface area contributed by atoms with Gasteiger partial charge in [0.25, 0.3) is 0 Å². The van der Waals surface area contributed by atoms with Crippen LogP contribution in [0.15, 0.2) is 18.2 Å². The second kappa shape index (κ2) is 8.61. The molecule has 1 aromatic rings. The summed E-state index contributed by atoms with van der Waals surface area (Å²) in [7, 11) is 1.69. The van der Waals surface area contributed by atoms with E-state index in [4.69, 9.17) is 0 Å². The molecule has 3 N–H and O–H groups in total. The van der Waals surface area contributed by atoms with Crippen molar-refractivity contribution in [2.24, 2.45) is 17.8 Å². The Morgan fingerprint density at radius 1 is 0.968 bits per heavy atom. The lowest BCUT2D eigenvalue weighted by Crippen LogP contribution is -2.62. The first-order valence-corrected chi connectivity index (χ1v) is 11.4. The molecule has 7 nitrogen and oxygen atoms in total. The number of carbonyl (C=O) groups excluding carboxylic acids is 3. The number of rotatable bonds is 6. The van der Waals surface area contributed by atoms with E-state index in [9.17, 15) is 14.4 Å². The van der Waals surface area contributed by atoms with Gasteiger partial charge < -0.3 is 10.6 Å². The molecule has 4 aliphatic carbocycles. The van der Waals surface area contributed by atoms with Gasteiger partial charge in [-0.15, -0.1) is 0 Å². The summed E-state index contributed by atoms with van der Waals surface area (Å²) in [5, 5.41) is 8.50. The van der Waals surface area contributed by atoms with E-state index in [2.05, 4.69) is 16.0 Å². The molecule has 5 rings (SSSR count). The molecule has 0 atom stereocenters. The number of likely N-dealkylation sites (N-methyl/N-ethyl adjacent to an activating group) is 1. The van der Waals surface area contributed by atoms with Crippen molar-refractivity contribution in [1.82, 2.24) is 15.5 Å². The van der Waals surface area contributed by atoms with Crippen LogP contribution in [0.25, 0.3) is 0 Å². The average molecular weight is 427 g/mol. The topological polar surface area (TPSA) is 90.5 Å². The molecule has 4 amide bonds. The SMILES string of the molecule is Cc1cccc(NC(=O)CN(C)CC(=O)NC(=O)NC23CC4CC(CC(C4)C2)C3)c1C. The van der Waals surface area contributed by atoms with Crippen LogP contribution in [0, 0.1) is 31.6 Å². The zero-order valence-corrected chi connectivity index (χ0v) is 18.8. The summed E-state index contributed by atoms with van der Waals surface area (Å²) in [5.41, 5.74) is 2.78. The smallest absolute Gasteiger partial charge is 0.321 e. The fourth-order valence-corrected chi connectivity index (χ4v) is 6.32. The minimum atomic E-state index is -0.403. The van der Waals surface area contributed by atoms with Gasteiger partial charge >= 0.3 is 6.03 Å². The van der Waals surface area contributed by atoms with Gasteiger partial charge in [0.1, 0.15) is 0 Å². The van der Waals surface area contributed by atoms with Crippen molar-refractivity contribution in [2.45, 2.75) is 57.9 Å². The van der Waals surface area contributed by atoms with Crippen molar-refractivity contribution >= 4 is 23.5 Å². The fraction of sp³-hybridized carbons (Fsp3) is 0.625. The first kappa shape index (κ1) is 21.8. The first-order chi connectivity index (χ1) is 14.7. The summed E-state index contributed by atoms with van der Waals surface area (Å²) in [4.78, 5) is 38.8. The van der Waals surface area contributed by atoms with Gasteiger partial charge in [-0.05, 0) is 94.4 Å². The number of benzene rings is 1. The maximum absolute atomic E-state index is 12.5. The lowest BCUT2D eigenvalue weighted by molar-refractivity contribution is -0.122. The van der Waals surface area contributed by atoms with Gasteiger partial charge in [-0.2, -0.15) is 0 Å². The van der Waals surface area contributed by atoms with Gasteiger partial charge in [0.2, 0.25) is 11.8 Å².